The predicted molar refractivity (Wildman–Crippen MR) is 69.5 cm³/mol. The van der Waals surface area contributed by atoms with Crippen molar-refractivity contribution < 1.29 is 18.0 Å². The summed E-state index contributed by atoms with van der Waals surface area (Å²) in [4.78, 5) is 11.2. The van der Waals surface area contributed by atoms with Crippen molar-refractivity contribution in [3.63, 3.8) is 0 Å². The van der Waals surface area contributed by atoms with Gasteiger partial charge in [0, 0.05) is 16.8 Å². The number of carbonyl (C=O) groups excluding carboxylic acids is 1. The lowest BCUT2D eigenvalue weighted by Crippen LogP contribution is -2.23. The van der Waals surface area contributed by atoms with Crippen molar-refractivity contribution in [3.05, 3.63) is 35.5 Å². The lowest BCUT2D eigenvalue weighted by Gasteiger charge is -2.26. The first-order valence-electron chi connectivity index (χ1n) is 6.15. The molecule has 0 saturated heterocycles. The Hall–Kier alpha value is -2.51. The smallest absolute Gasteiger partial charge is 0.366 e. The highest BCUT2D eigenvalue weighted by molar-refractivity contribution is 5.95. The Morgan fingerprint density at radius 2 is 2.10 bits per heavy atom. The van der Waals surface area contributed by atoms with Gasteiger partial charge in [-0.25, -0.2) is 4.68 Å². The summed E-state index contributed by atoms with van der Waals surface area (Å²) in [6, 6.07) is 5.56. The molecule has 2 aromatic rings. The molecule has 0 spiro atoms. The van der Waals surface area contributed by atoms with Gasteiger partial charge in [-0.05, 0) is 31.2 Å². The molecule has 0 aliphatic carbocycles. The van der Waals surface area contributed by atoms with Crippen LogP contribution in [0.15, 0.2) is 24.3 Å². The first kappa shape index (κ1) is 13.5. The Bertz CT molecular complexity index is 736. The van der Waals surface area contributed by atoms with Crippen LogP contribution in [0.1, 0.15) is 29.1 Å². The quantitative estimate of drug-likeness (QED) is 0.849. The summed E-state index contributed by atoms with van der Waals surface area (Å²) >= 11 is 0. The fraction of sp³-hybridized carbons (Fsp3) is 0.231. The molecule has 5 nitrogen and oxygen atoms in total. The average Bonchev–Trinajstić information content (AvgIpc) is 2.83. The number of alkyl halides is 3. The van der Waals surface area contributed by atoms with Crippen LogP contribution in [-0.2, 0) is 6.18 Å². The summed E-state index contributed by atoms with van der Waals surface area (Å²) in [6.07, 6.45) is -4.97. The third-order valence-corrected chi connectivity index (χ3v) is 3.34. The number of rotatable bonds is 1. The van der Waals surface area contributed by atoms with Gasteiger partial charge in [0.25, 0.3) is 0 Å². The molecule has 1 aromatic heterocycles. The molecular weight excluding hydrogens is 285 g/mol. The number of nitrogens with one attached hydrogen (secondary N) is 1. The van der Waals surface area contributed by atoms with E-state index in [1.807, 2.05) is 0 Å². The minimum absolute atomic E-state index is 0.289. The van der Waals surface area contributed by atoms with Crippen LogP contribution < -0.4 is 11.1 Å². The Kier molecular flexibility index (Phi) is 2.72. The number of aromatic nitrogens is 2. The first-order valence-corrected chi connectivity index (χ1v) is 6.15. The maximum absolute atomic E-state index is 12.8. The fourth-order valence-electron chi connectivity index (χ4n) is 2.36. The Morgan fingerprint density at radius 1 is 1.38 bits per heavy atom. The van der Waals surface area contributed by atoms with Gasteiger partial charge in [-0.3, -0.25) is 4.79 Å². The van der Waals surface area contributed by atoms with Crippen LogP contribution in [-0.4, -0.2) is 15.7 Å². The van der Waals surface area contributed by atoms with Gasteiger partial charge in [0.2, 0.25) is 5.91 Å². The lowest BCUT2D eigenvalue weighted by molar-refractivity contribution is -0.141. The van der Waals surface area contributed by atoms with Gasteiger partial charge in [0.1, 0.15) is 6.17 Å². The second kappa shape index (κ2) is 4.24. The highest BCUT2D eigenvalue weighted by Gasteiger charge is 2.36. The second-order valence-corrected chi connectivity index (χ2v) is 4.80. The number of hydrogen-bond donors (Lipinski definition) is 2. The molecule has 1 unspecified atom stereocenters. The van der Waals surface area contributed by atoms with Gasteiger partial charge in [-0.2, -0.15) is 18.3 Å². The Balaban J connectivity index is 2.17. The van der Waals surface area contributed by atoms with Crippen molar-refractivity contribution in [2.75, 3.05) is 5.32 Å². The number of amides is 1. The van der Waals surface area contributed by atoms with Crippen LogP contribution >= 0.6 is 0 Å². The van der Waals surface area contributed by atoms with Crippen molar-refractivity contribution in [2.45, 2.75) is 19.3 Å². The predicted octanol–water partition coefficient (Wildman–Crippen LogP) is 2.61. The van der Waals surface area contributed by atoms with Gasteiger partial charge in [0.15, 0.2) is 5.69 Å². The zero-order valence-electron chi connectivity index (χ0n) is 10.9. The SMILES string of the molecule is CC1Nc2cc(C(N)=O)ccc2-c2cc(C(F)(F)F)nn21. The molecule has 21 heavy (non-hydrogen) atoms. The first-order chi connectivity index (χ1) is 9.77. The summed E-state index contributed by atoms with van der Waals surface area (Å²) in [6.45, 7) is 1.68. The number of primary amides is 1. The molecule has 1 aliphatic rings. The zero-order valence-corrected chi connectivity index (χ0v) is 10.9. The molecule has 1 aromatic carbocycles. The molecule has 2 heterocycles. The van der Waals surface area contributed by atoms with Crippen LogP contribution in [0, 0.1) is 0 Å². The molecule has 0 saturated carbocycles. The third-order valence-electron chi connectivity index (χ3n) is 3.34. The number of nitrogens with zero attached hydrogens (tertiary/aromatic N) is 2. The van der Waals surface area contributed by atoms with E-state index < -0.39 is 23.9 Å². The molecule has 0 bridgehead atoms. The number of benzene rings is 1. The topological polar surface area (TPSA) is 72.9 Å². The van der Waals surface area contributed by atoms with E-state index in [-0.39, 0.29) is 5.56 Å². The molecule has 1 atom stereocenters. The molecule has 0 fully saturated rings. The number of anilines is 1. The van der Waals surface area contributed by atoms with Crippen LogP contribution in [0.3, 0.4) is 0 Å². The number of hydrogen-bond acceptors (Lipinski definition) is 3. The third kappa shape index (κ3) is 2.12. The summed E-state index contributed by atoms with van der Waals surface area (Å²) in [7, 11) is 0. The van der Waals surface area contributed by atoms with E-state index in [2.05, 4.69) is 10.4 Å². The summed E-state index contributed by atoms with van der Waals surface area (Å²) in [5, 5.41) is 6.60. The number of carbonyl (C=O) groups is 1. The van der Waals surface area contributed by atoms with Crippen molar-refractivity contribution >= 4 is 11.6 Å². The van der Waals surface area contributed by atoms with Crippen LogP contribution in [0.5, 0.6) is 0 Å². The molecule has 110 valence electrons. The van der Waals surface area contributed by atoms with Gasteiger partial charge in [0.05, 0.1) is 5.69 Å². The van der Waals surface area contributed by atoms with E-state index in [1.54, 1.807) is 13.0 Å². The molecule has 3 N–H and O–H groups in total. The summed E-state index contributed by atoms with van der Waals surface area (Å²) in [5.41, 5.74) is 5.99. The van der Waals surface area contributed by atoms with Crippen molar-refractivity contribution in [1.29, 1.82) is 0 Å². The van der Waals surface area contributed by atoms with Crippen molar-refractivity contribution in [1.82, 2.24) is 9.78 Å². The summed E-state index contributed by atoms with van der Waals surface area (Å²) < 4.78 is 39.6. The minimum Gasteiger partial charge on any atom is -0.366 e. The molecule has 0 radical (unpaired) electrons. The normalized spacial score (nSPS) is 16.9. The number of nitrogens with two attached hydrogens (primary N) is 1. The van der Waals surface area contributed by atoms with E-state index in [1.165, 1.54) is 16.8 Å². The molecule has 3 rings (SSSR count). The minimum atomic E-state index is -4.50. The maximum atomic E-state index is 12.8. The second-order valence-electron chi connectivity index (χ2n) is 4.80. The lowest BCUT2D eigenvalue weighted by atomic mass is 10.0. The Labute approximate surface area is 117 Å². The van der Waals surface area contributed by atoms with E-state index in [4.69, 9.17) is 5.73 Å². The highest BCUT2D eigenvalue weighted by Crippen LogP contribution is 2.39. The molecular formula is C13H11F3N4O. The van der Waals surface area contributed by atoms with Crippen LogP contribution in [0.4, 0.5) is 18.9 Å². The van der Waals surface area contributed by atoms with E-state index in [0.717, 1.165) is 6.07 Å². The van der Waals surface area contributed by atoms with Gasteiger partial charge in [-0.1, -0.05) is 0 Å². The summed E-state index contributed by atoms with van der Waals surface area (Å²) in [5.74, 6) is -0.595. The number of halogens is 3. The maximum Gasteiger partial charge on any atom is 0.435 e. The monoisotopic (exact) mass is 296 g/mol. The molecule has 8 heteroatoms. The van der Waals surface area contributed by atoms with E-state index >= 15 is 0 Å². The highest BCUT2D eigenvalue weighted by atomic mass is 19.4. The number of fused-ring (bicyclic) bond motifs is 3. The fourth-order valence-corrected chi connectivity index (χ4v) is 2.36. The van der Waals surface area contributed by atoms with E-state index in [0.29, 0.717) is 16.9 Å². The standard InChI is InChI=1S/C13H11F3N4O/c1-6-18-9-4-7(12(17)21)2-3-8(9)10-5-11(13(14,15)16)19-20(6)10/h2-6,18H,1H3,(H2,17,21). The Morgan fingerprint density at radius 3 is 2.71 bits per heavy atom. The average molecular weight is 296 g/mol. The van der Waals surface area contributed by atoms with Crippen LogP contribution in [0.25, 0.3) is 11.3 Å². The van der Waals surface area contributed by atoms with Crippen molar-refractivity contribution in [2.24, 2.45) is 5.73 Å². The zero-order chi connectivity index (χ0) is 15.4. The van der Waals surface area contributed by atoms with Crippen LogP contribution in [0.2, 0.25) is 0 Å². The van der Waals surface area contributed by atoms with Gasteiger partial charge in [-0.15, -0.1) is 0 Å². The largest absolute Gasteiger partial charge is 0.435 e. The van der Waals surface area contributed by atoms with E-state index in [9.17, 15) is 18.0 Å². The molecule has 1 amide bonds. The van der Waals surface area contributed by atoms with Gasteiger partial charge < -0.3 is 11.1 Å². The van der Waals surface area contributed by atoms with Crippen molar-refractivity contribution in [3.8, 4) is 11.3 Å². The van der Waals surface area contributed by atoms with Gasteiger partial charge >= 0.3 is 6.18 Å². The molecule has 1 aliphatic heterocycles.